The SMILES string of the molecule is Nc1ncnc2c1ncn2[C@@H]1C[C@@H]2COP(O)(=S)O[C@@H]3[C@H](F)[C@@H](CO[P+](=O)OC[C@H]21)O[C@H]3n1cnc2c(=O)n3ccnc3[nH]c21. The van der Waals surface area contributed by atoms with E-state index in [0.717, 1.165) is 0 Å². The molecule has 2 saturated heterocycles. The zero-order valence-electron chi connectivity index (χ0n) is 22.9. The van der Waals surface area contributed by atoms with Gasteiger partial charge < -0.3 is 29.4 Å². The summed E-state index contributed by atoms with van der Waals surface area (Å²) < 4.78 is 61.5. The van der Waals surface area contributed by atoms with Crippen molar-refractivity contribution in [1.29, 1.82) is 0 Å². The van der Waals surface area contributed by atoms with E-state index < -0.39 is 51.7 Å². The first-order valence-corrected chi connectivity index (χ1v) is 17.4. The van der Waals surface area contributed by atoms with Crippen molar-refractivity contribution >= 4 is 60.7 Å². The molecule has 0 amide bonds. The lowest BCUT2D eigenvalue weighted by Crippen LogP contribution is -2.43. The number of nitrogens with one attached hydrogen (secondary N) is 1. The first-order valence-electron chi connectivity index (χ1n) is 13.7. The number of aromatic nitrogens is 9. The minimum Gasteiger partial charge on any atom is -0.382 e. The van der Waals surface area contributed by atoms with Crippen LogP contribution < -0.4 is 11.3 Å². The Morgan fingerprint density at radius 1 is 1.11 bits per heavy atom. The fourth-order valence-electron chi connectivity index (χ4n) is 6.12. The summed E-state index contributed by atoms with van der Waals surface area (Å²) in [7, 11) is -2.68. The van der Waals surface area contributed by atoms with Crippen LogP contribution in [-0.2, 0) is 39.2 Å². The van der Waals surface area contributed by atoms with Gasteiger partial charge in [0, 0.05) is 28.9 Å². The van der Waals surface area contributed by atoms with Crippen molar-refractivity contribution in [3.63, 3.8) is 0 Å². The van der Waals surface area contributed by atoms with Crippen LogP contribution >= 0.6 is 15.0 Å². The molecule has 2 bridgehead atoms. The number of nitrogens with two attached hydrogens (primary N) is 1. The molecule has 1 saturated carbocycles. The van der Waals surface area contributed by atoms with Crippen LogP contribution in [0.2, 0.25) is 0 Å². The Labute approximate surface area is 256 Å². The lowest BCUT2D eigenvalue weighted by atomic mass is 9.70. The summed E-state index contributed by atoms with van der Waals surface area (Å²) >= 11 is 5.32. The third-order valence-corrected chi connectivity index (χ3v) is 10.7. The molecular weight excluding hydrogens is 657 g/mol. The Balaban J connectivity index is 1.08. The topological polar surface area (TPSA) is 221 Å². The van der Waals surface area contributed by atoms with E-state index in [4.69, 9.17) is 40.4 Å². The van der Waals surface area contributed by atoms with Gasteiger partial charge in [0.2, 0.25) is 5.78 Å². The standard InChI is InChI=1S/C23H23FN10O8P2S/c24-14-13-6-39-43(36)38-5-11-10(3-12(11)33-8-29-15-18(25)27-7-28-19(15)33)4-40-44(37,45)42-17(14)22(41-13)34-9-30-16-20(34)31-23-26-1-2-32(23)21(16)35/h1-2,7-14,17,22H,3-6H2,(H3-,25,26,27,28,31,35,37,45)/p+1/t10-,11-,12-,13-,14-,17-,22-,44?/m1/s1. The molecular formula is C23H24FN10O8P2S+. The summed E-state index contributed by atoms with van der Waals surface area (Å²) in [6.07, 6.45) is 1.64. The molecule has 236 valence electrons. The summed E-state index contributed by atoms with van der Waals surface area (Å²) in [5.41, 5.74) is 6.66. The molecule has 18 nitrogen and oxygen atoms in total. The zero-order valence-corrected chi connectivity index (χ0v) is 25.5. The number of nitrogen functional groups attached to an aromatic ring is 1. The maximum atomic E-state index is 15.9. The third kappa shape index (κ3) is 4.88. The van der Waals surface area contributed by atoms with Gasteiger partial charge >= 0.3 is 15.0 Å². The highest BCUT2D eigenvalue weighted by Crippen LogP contribution is 2.54. The molecule has 5 aromatic heterocycles. The van der Waals surface area contributed by atoms with Crippen molar-refractivity contribution in [2.45, 2.75) is 37.1 Å². The average molecular weight is 682 g/mol. The number of rotatable bonds is 2. The fourth-order valence-corrected chi connectivity index (χ4v) is 8.21. The van der Waals surface area contributed by atoms with Gasteiger partial charge in [-0.25, -0.2) is 33.7 Å². The van der Waals surface area contributed by atoms with E-state index in [1.165, 1.54) is 34.0 Å². The van der Waals surface area contributed by atoms with Crippen molar-refractivity contribution in [2.24, 2.45) is 11.8 Å². The number of fused-ring (bicyclic) bond motifs is 6. The fraction of sp³-hybridized carbons (Fsp3) is 0.478. The monoisotopic (exact) mass is 681 g/mol. The molecule has 9 atom stereocenters. The van der Waals surface area contributed by atoms with E-state index in [2.05, 4.69) is 29.9 Å². The molecule has 0 radical (unpaired) electrons. The molecule has 7 heterocycles. The van der Waals surface area contributed by atoms with Gasteiger partial charge in [-0.15, -0.1) is 9.05 Å². The first-order chi connectivity index (χ1) is 21.7. The predicted molar refractivity (Wildman–Crippen MR) is 155 cm³/mol. The van der Waals surface area contributed by atoms with Crippen molar-refractivity contribution in [3.8, 4) is 0 Å². The highest BCUT2D eigenvalue weighted by atomic mass is 32.5. The van der Waals surface area contributed by atoms with Crippen molar-refractivity contribution in [1.82, 2.24) is 43.4 Å². The molecule has 2 aliphatic heterocycles. The van der Waals surface area contributed by atoms with E-state index in [1.807, 2.05) is 4.57 Å². The number of H-pyrrole nitrogens is 1. The summed E-state index contributed by atoms with van der Waals surface area (Å²) in [6, 6.07) is -0.191. The number of nitrogens with zero attached hydrogens (tertiary/aromatic N) is 8. The largest absolute Gasteiger partial charge is 0.697 e. The molecule has 5 aromatic rings. The molecule has 0 aromatic carbocycles. The number of ether oxygens (including phenoxy) is 1. The maximum absolute atomic E-state index is 15.9. The summed E-state index contributed by atoms with van der Waals surface area (Å²) in [4.78, 5) is 47.9. The number of imidazole rings is 3. The summed E-state index contributed by atoms with van der Waals surface area (Å²) in [5, 5.41) is 0. The van der Waals surface area contributed by atoms with Crippen molar-refractivity contribution in [3.05, 3.63) is 41.7 Å². The van der Waals surface area contributed by atoms with Gasteiger partial charge in [-0.1, -0.05) is 0 Å². The Kier molecular flexibility index (Phi) is 7.05. The third-order valence-electron chi connectivity index (χ3n) is 8.44. The number of aromatic amines is 1. The molecule has 8 rings (SSSR count). The lowest BCUT2D eigenvalue weighted by molar-refractivity contribution is -0.0448. The smallest absolute Gasteiger partial charge is 0.382 e. The Morgan fingerprint density at radius 2 is 1.91 bits per heavy atom. The van der Waals surface area contributed by atoms with Gasteiger partial charge in [-0.2, -0.15) is 0 Å². The Morgan fingerprint density at radius 3 is 2.78 bits per heavy atom. The quantitative estimate of drug-likeness (QED) is 0.225. The van der Waals surface area contributed by atoms with E-state index >= 15 is 4.39 Å². The molecule has 22 heteroatoms. The zero-order chi connectivity index (χ0) is 31.0. The van der Waals surface area contributed by atoms with Crippen molar-refractivity contribution < 1.29 is 36.7 Å². The van der Waals surface area contributed by atoms with Crippen LogP contribution in [0.25, 0.3) is 28.1 Å². The first kappa shape index (κ1) is 29.1. The minimum atomic E-state index is -4.06. The normalized spacial score (nSPS) is 33.7. The second-order valence-electron chi connectivity index (χ2n) is 10.9. The van der Waals surface area contributed by atoms with Crippen LogP contribution in [0.3, 0.4) is 0 Å². The van der Waals surface area contributed by atoms with Crippen LogP contribution in [0.4, 0.5) is 10.2 Å². The second kappa shape index (κ2) is 10.9. The van der Waals surface area contributed by atoms with Crippen LogP contribution in [0, 0.1) is 11.8 Å². The van der Waals surface area contributed by atoms with Gasteiger partial charge in [-0.3, -0.25) is 13.9 Å². The Bertz CT molecular complexity index is 2070. The van der Waals surface area contributed by atoms with Gasteiger partial charge in [0.25, 0.3) is 5.56 Å². The lowest BCUT2D eigenvalue weighted by Gasteiger charge is -2.44. The van der Waals surface area contributed by atoms with E-state index in [-0.39, 0.29) is 53.9 Å². The number of alkyl halides is 1. The number of halogens is 1. The van der Waals surface area contributed by atoms with E-state index in [0.29, 0.717) is 17.6 Å². The molecule has 3 aliphatic rings. The highest BCUT2D eigenvalue weighted by molar-refractivity contribution is 8.07. The van der Waals surface area contributed by atoms with Crippen LogP contribution in [-0.4, -0.2) is 86.5 Å². The van der Waals surface area contributed by atoms with Crippen LogP contribution in [0.5, 0.6) is 0 Å². The van der Waals surface area contributed by atoms with Gasteiger partial charge in [0.15, 0.2) is 29.4 Å². The molecule has 2 unspecified atom stereocenters. The number of hydrogen-bond donors (Lipinski definition) is 3. The van der Waals surface area contributed by atoms with Gasteiger partial charge in [0.05, 0.1) is 19.3 Å². The number of anilines is 1. The average Bonchev–Trinajstić information content (AvgIpc) is 3.79. The summed E-state index contributed by atoms with van der Waals surface area (Å²) in [5.74, 6) is -0.0407. The maximum Gasteiger partial charge on any atom is 0.697 e. The van der Waals surface area contributed by atoms with E-state index in [9.17, 15) is 14.3 Å². The van der Waals surface area contributed by atoms with Crippen LogP contribution in [0.1, 0.15) is 18.7 Å². The predicted octanol–water partition coefficient (Wildman–Crippen LogP) is 1.53. The van der Waals surface area contributed by atoms with Crippen molar-refractivity contribution in [2.75, 3.05) is 25.6 Å². The highest BCUT2D eigenvalue weighted by Gasteiger charge is 2.52. The van der Waals surface area contributed by atoms with Gasteiger partial charge in [-0.05, 0) is 24.1 Å². The second-order valence-corrected chi connectivity index (χ2v) is 14.6. The van der Waals surface area contributed by atoms with Gasteiger partial charge in [0.1, 0.15) is 42.9 Å². The minimum absolute atomic E-state index is 0.0181. The Hall–Kier alpha value is -3.32. The number of hydrogen-bond acceptors (Lipinski definition) is 14. The molecule has 0 spiro atoms. The van der Waals surface area contributed by atoms with E-state index in [1.54, 1.807) is 6.33 Å². The molecule has 4 N–H and O–H groups in total. The molecule has 45 heavy (non-hydrogen) atoms. The molecule has 3 fully saturated rings. The molecule has 1 aliphatic carbocycles. The van der Waals surface area contributed by atoms with Crippen LogP contribution in [0.15, 0.2) is 36.2 Å². The summed E-state index contributed by atoms with van der Waals surface area (Å²) in [6.45, 7) is -4.61.